The van der Waals surface area contributed by atoms with E-state index in [1.165, 1.54) is 12.1 Å². The van der Waals surface area contributed by atoms with E-state index in [-0.39, 0.29) is 23.9 Å². The number of benzene rings is 1. The lowest BCUT2D eigenvalue weighted by Gasteiger charge is -2.36. The van der Waals surface area contributed by atoms with E-state index in [2.05, 4.69) is 5.32 Å². The van der Waals surface area contributed by atoms with Gasteiger partial charge in [-0.1, -0.05) is 0 Å². The molecule has 1 heterocycles. The van der Waals surface area contributed by atoms with Gasteiger partial charge in [0, 0.05) is 18.3 Å². The van der Waals surface area contributed by atoms with E-state index in [0.717, 1.165) is 12.0 Å². The van der Waals surface area contributed by atoms with Gasteiger partial charge < -0.3 is 16.0 Å². The average molecular weight is 293 g/mol. The highest BCUT2D eigenvalue weighted by Crippen LogP contribution is 2.23. The number of piperidine rings is 1. The molecule has 114 valence electrons. The first-order valence-electron chi connectivity index (χ1n) is 7.01. The first-order valence-corrected chi connectivity index (χ1v) is 7.01. The number of nitrogens with zero attached hydrogens (tertiary/aromatic N) is 1. The zero-order chi connectivity index (χ0) is 15.6. The van der Waals surface area contributed by atoms with Crippen molar-refractivity contribution in [1.82, 2.24) is 4.90 Å². The highest BCUT2D eigenvalue weighted by Gasteiger charge is 2.31. The van der Waals surface area contributed by atoms with Crippen LogP contribution in [-0.4, -0.2) is 29.4 Å². The average Bonchev–Trinajstić information content (AvgIpc) is 2.37. The third-order valence-corrected chi connectivity index (χ3v) is 3.84. The van der Waals surface area contributed by atoms with Crippen molar-refractivity contribution in [2.45, 2.75) is 32.7 Å². The van der Waals surface area contributed by atoms with E-state index in [9.17, 15) is 14.0 Å². The van der Waals surface area contributed by atoms with Gasteiger partial charge in [-0.15, -0.1) is 0 Å². The van der Waals surface area contributed by atoms with Gasteiger partial charge >= 0.3 is 6.03 Å². The van der Waals surface area contributed by atoms with Gasteiger partial charge in [0.2, 0.25) is 5.91 Å². The van der Waals surface area contributed by atoms with Crippen LogP contribution >= 0.6 is 0 Å². The van der Waals surface area contributed by atoms with E-state index in [0.29, 0.717) is 18.7 Å². The molecule has 1 saturated heterocycles. The van der Waals surface area contributed by atoms with Gasteiger partial charge in [0.1, 0.15) is 5.82 Å². The third kappa shape index (κ3) is 3.71. The van der Waals surface area contributed by atoms with Crippen molar-refractivity contribution in [2.75, 3.05) is 11.9 Å². The zero-order valence-electron chi connectivity index (χ0n) is 12.2. The van der Waals surface area contributed by atoms with Gasteiger partial charge in [0.05, 0.1) is 5.92 Å². The van der Waals surface area contributed by atoms with E-state index in [1.807, 2.05) is 6.92 Å². The summed E-state index contributed by atoms with van der Waals surface area (Å²) in [6.45, 7) is 3.98. The number of urea groups is 1. The minimum atomic E-state index is -0.396. The predicted octanol–water partition coefficient (Wildman–Crippen LogP) is 2.25. The van der Waals surface area contributed by atoms with Crippen LogP contribution in [0.2, 0.25) is 0 Å². The fraction of sp³-hybridized carbons (Fsp3) is 0.467. The van der Waals surface area contributed by atoms with Gasteiger partial charge in [-0.2, -0.15) is 0 Å². The van der Waals surface area contributed by atoms with Gasteiger partial charge in [-0.05, 0) is 50.5 Å². The molecule has 1 fully saturated rings. The van der Waals surface area contributed by atoms with Crippen molar-refractivity contribution in [3.05, 3.63) is 29.6 Å². The van der Waals surface area contributed by atoms with Crippen LogP contribution in [0.3, 0.4) is 0 Å². The molecule has 1 aliphatic heterocycles. The standard InChI is InChI=1S/C15H20FN3O2/c1-9-5-12(16)7-13(6-9)18-15(21)19-8-11(14(17)20)4-3-10(19)2/h5-7,10-11H,3-4,8H2,1-2H3,(H2,17,20)(H,18,21)/t10-,11-/m0/s1. The number of anilines is 1. The summed E-state index contributed by atoms with van der Waals surface area (Å²) in [6.07, 6.45) is 1.42. The molecule has 0 radical (unpaired) electrons. The largest absolute Gasteiger partial charge is 0.369 e. The second-order valence-corrected chi connectivity index (χ2v) is 5.63. The number of nitrogens with two attached hydrogens (primary N) is 1. The smallest absolute Gasteiger partial charge is 0.322 e. The summed E-state index contributed by atoms with van der Waals surface area (Å²) in [4.78, 5) is 25.2. The number of rotatable bonds is 2. The summed E-state index contributed by atoms with van der Waals surface area (Å²) >= 11 is 0. The lowest BCUT2D eigenvalue weighted by atomic mass is 9.93. The number of amides is 3. The molecule has 2 rings (SSSR count). The first-order chi connectivity index (χ1) is 9.86. The molecule has 6 heteroatoms. The Kier molecular flexibility index (Phi) is 4.45. The summed E-state index contributed by atoms with van der Waals surface area (Å²) < 4.78 is 13.3. The fourth-order valence-corrected chi connectivity index (χ4v) is 2.63. The Balaban J connectivity index is 2.09. The number of hydrogen-bond donors (Lipinski definition) is 2. The molecule has 0 aromatic heterocycles. The van der Waals surface area contributed by atoms with Gasteiger partial charge in [-0.25, -0.2) is 9.18 Å². The van der Waals surface area contributed by atoms with Crippen LogP contribution in [0.1, 0.15) is 25.3 Å². The third-order valence-electron chi connectivity index (χ3n) is 3.84. The number of hydrogen-bond acceptors (Lipinski definition) is 2. The summed E-state index contributed by atoms with van der Waals surface area (Å²) in [7, 11) is 0. The van der Waals surface area contributed by atoms with E-state index in [4.69, 9.17) is 5.73 Å². The molecular weight excluding hydrogens is 273 g/mol. The number of likely N-dealkylation sites (tertiary alicyclic amines) is 1. The summed E-state index contributed by atoms with van der Waals surface area (Å²) in [5, 5.41) is 2.68. The molecule has 2 atom stereocenters. The van der Waals surface area contributed by atoms with Crippen molar-refractivity contribution in [1.29, 1.82) is 0 Å². The number of carbonyl (C=O) groups is 2. The van der Waals surface area contributed by atoms with Crippen molar-refractivity contribution < 1.29 is 14.0 Å². The van der Waals surface area contributed by atoms with Crippen molar-refractivity contribution in [2.24, 2.45) is 11.7 Å². The molecule has 0 spiro atoms. The normalized spacial score (nSPS) is 22.0. The topological polar surface area (TPSA) is 75.4 Å². The Morgan fingerprint density at radius 3 is 2.67 bits per heavy atom. The zero-order valence-corrected chi connectivity index (χ0v) is 12.2. The molecule has 5 nitrogen and oxygen atoms in total. The maximum Gasteiger partial charge on any atom is 0.322 e. The van der Waals surface area contributed by atoms with Crippen LogP contribution in [0.5, 0.6) is 0 Å². The molecule has 1 aromatic carbocycles. The molecule has 0 unspecified atom stereocenters. The number of nitrogens with one attached hydrogen (secondary N) is 1. The molecule has 21 heavy (non-hydrogen) atoms. The highest BCUT2D eigenvalue weighted by molar-refractivity contribution is 5.90. The van der Waals surface area contributed by atoms with Crippen molar-refractivity contribution in [3.63, 3.8) is 0 Å². The lowest BCUT2D eigenvalue weighted by Crippen LogP contribution is -2.50. The van der Waals surface area contributed by atoms with Crippen LogP contribution in [0.4, 0.5) is 14.9 Å². The van der Waals surface area contributed by atoms with Gasteiger partial charge in [-0.3, -0.25) is 4.79 Å². The minimum absolute atomic E-state index is 0.0234. The molecule has 1 aliphatic rings. The molecule has 0 bridgehead atoms. The number of aryl methyl sites for hydroxylation is 1. The molecule has 3 amide bonds. The highest BCUT2D eigenvalue weighted by atomic mass is 19.1. The Morgan fingerprint density at radius 2 is 2.05 bits per heavy atom. The SMILES string of the molecule is Cc1cc(F)cc(NC(=O)N2C[C@@H](C(N)=O)CC[C@@H]2C)c1. The first kappa shape index (κ1) is 15.3. The molecule has 0 saturated carbocycles. The Bertz CT molecular complexity index is 542. The van der Waals surface area contributed by atoms with Gasteiger partial charge in [0.25, 0.3) is 0 Å². The summed E-state index contributed by atoms with van der Waals surface area (Å²) in [5.74, 6) is -1.10. The van der Waals surface area contributed by atoms with E-state index < -0.39 is 5.82 Å². The second kappa shape index (κ2) is 6.11. The van der Waals surface area contributed by atoms with Crippen LogP contribution in [-0.2, 0) is 4.79 Å². The number of carbonyl (C=O) groups excluding carboxylic acids is 2. The van der Waals surface area contributed by atoms with Crippen LogP contribution in [0.25, 0.3) is 0 Å². The minimum Gasteiger partial charge on any atom is -0.369 e. The van der Waals surface area contributed by atoms with Crippen molar-refractivity contribution in [3.8, 4) is 0 Å². The molecule has 3 N–H and O–H groups in total. The number of halogens is 1. The van der Waals surface area contributed by atoms with E-state index >= 15 is 0 Å². The molecular formula is C15H20FN3O2. The Morgan fingerprint density at radius 1 is 1.33 bits per heavy atom. The number of primary amides is 1. The monoisotopic (exact) mass is 293 g/mol. The lowest BCUT2D eigenvalue weighted by molar-refractivity contribution is -0.123. The Labute approximate surface area is 123 Å². The predicted molar refractivity (Wildman–Crippen MR) is 78.2 cm³/mol. The summed E-state index contributed by atoms with van der Waals surface area (Å²) in [6, 6.07) is 4.04. The van der Waals surface area contributed by atoms with Crippen LogP contribution in [0, 0.1) is 18.7 Å². The molecule has 0 aliphatic carbocycles. The van der Waals surface area contributed by atoms with Crippen LogP contribution in [0.15, 0.2) is 18.2 Å². The second-order valence-electron chi connectivity index (χ2n) is 5.63. The van der Waals surface area contributed by atoms with Crippen LogP contribution < -0.4 is 11.1 Å². The quantitative estimate of drug-likeness (QED) is 0.877. The van der Waals surface area contributed by atoms with Crippen molar-refractivity contribution >= 4 is 17.6 Å². The maximum atomic E-state index is 13.3. The van der Waals surface area contributed by atoms with Gasteiger partial charge in [0.15, 0.2) is 0 Å². The van der Waals surface area contributed by atoms with E-state index in [1.54, 1.807) is 17.9 Å². The summed E-state index contributed by atoms with van der Waals surface area (Å²) in [5.41, 5.74) is 6.46. The fourth-order valence-electron chi connectivity index (χ4n) is 2.63. The Hall–Kier alpha value is -2.11. The maximum absolute atomic E-state index is 13.3. The molecule has 1 aromatic rings.